The lowest BCUT2D eigenvalue weighted by molar-refractivity contribution is -0.385. The van der Waals surface area contributed by atoms with Crippen molar-refractivity contribution in [2.45, 2.75) is 19.8 Å². The molecule has 0 radical (unpaired) electrons. The van der Waals surface area contributed by atoms with E-state index in [-0.39, 0.29) is 24.2 Å². The van der Waals surface area contributed by atoms with Gasteiger partial charge >= 0.3 is 5.97 Å². The number of nitro benzene ring substituents is 1. The van der Waals surface area contributed by atoms with Crippen LogP contribution in [-0.4, -0.2) is 21.9 Å². The van der Waals surface area contributed by atoms with Gasteiger partial charge in [0.15, 0.2) is 0 Å². The summed E-state index contributed by atoms with van der Waals surface area (Å²) in [4.78, 5) is 31.8. The molecule has 0 fully saturated rings. The highest BCUT2D eigenvalue weighted by Gasteiger charge is 2.12. The first kappa shape index (κ1) is 13.6. The maximum Gasteiger partial charge on any atom is 0.303 e. The normalized spacial score (nSPS) is 9.83. The Kier molecular flexibility index (Phi) is 4.36. The average molecular weight is 252 g/mol. The van der Waals surface area contributed by atoms with Crippen LogP contribution < -0.4 is 5.32 Å². The molecule has 96 valence electrons. The van der Waals surface area contributed by atoms with Gasteiger partial charge in [-0.2, -0.15) is 0 Å². The largest absolute Gasteiger partial charge is 0.481 e. The van der Waals surface area contributed by atoms with Crippen molar-refractivity contribution < 1.29 is 19.6 Å². The summed E-state index contributed by atoms with van der Waals surface area (Å²) in [6, 6.07) is 4.29. The summed E-state index contributed by atoms with van der Waals surface area (Å²) in [6.45, 7) is 1.59. The predicted molar refractivity (Wildman–Crippen MR) is 63.3 cm³/mol. The van der Waals surface area contributed by atoms with Crippen LogP contribution in [0.2, 0.25) is 0 Å². The summed E-state index contributed by atoms with van der Waals surface area (Å²) in [5.74, 6) is -1.56. The van der Waals surface area contributed by atoms with Crippen molar-refractivity contribution in [2.24, 2.45) is 0 Å². The number of aryl methyl sites for hydroxylation is 1. The van der Waals surface area contributed by atoms with Crippen molar-refractivity contribution in [3.63, 3.8) is 0 Å². The number of nitro groups is 1. The first-order chi connectivity index (χ1) is 8.40. The molecule has 7 heteroatoms. The van der Waals surface area contributed by atoms with Crippen LogP contribution in [0.4, 0.5) is 11.4 Å². The third-order valence-electron chi connectivity index (χ3n) is 2.26. The fourth-order valence-electron chi connectivity index (χ4n) is 1.33. The molecule has 0 unspecified atom stereocenters. The molecule has 0 bridgehead atoms. The number of hydrogen-bond acceptors (Lipinski definition) is 4. The second-order valence-corrected chi connectivity index (χ2v) is 3.70. The topological polar surface area (TPSA) is 110 Å². The molecule has 18 heavy (non-hydrogen) atoms. The first-order valence-corrected chi connectivity index (χ1v) is 5.17. The van der Waals surface area contributed by atoms with Crippen molar-refractivity contribution in [3.05, 3.63) is 33.9 Å². The number of hydrogen-bond donors (Lipinski definition) is 2. The Hall–Kier alpha value is -2.44. The number of amides is 1. The van der Waals surface area contributed by atoms with Crippen molar-refractivity contribution >= 4 is 23.3 Å². The van der Waals surface area contributed by atoms with Gasteiger partial charge in [-0.15, -0.1) is 0 Å². The Morgan fingerprint density at radius 3 is 2.61 bits per heavy atom. The van der Waals surface area contributed by atoms with Gasteiger partial charge in [0.25, 0.3) is 5.69 Å². The second-order valence-electron chi connectivity index (χ2n) is 3.70. The van der Waals surface area contributed by atoms with Crippen molar-refractivity contribution in [3.8, 4) is 0 Å². The summed E-state index contributed by atoms with van der Waals surface area (Å²) < 4.78 is 0. The Balaban J connectivity index is 2.73. The van der Waals surface area contributed by atoms with Crippen LogP contribution >= 0.6 is 0 Å². The molecule has 0 saturated heterocycles. The molecule has 0 heterocycles. The molecule has 1 aromatic rings. The molecule has 7 nitrogen and oxygen atoms in total. The number of benzene rings is 1. The Morgan fingerprint density at radius 1 is 1.39 bits per heavy atom. The van der Waals surface area contributed by atoms with Gasteiger partial charge in [-0.05, 0) is 13.0 Å². The van der Waals surface area contributed by atoms with E-state index in [2.05, 4.69) is 5.32 Å². The van der Waals surface area contributed by atoms with Crippen molar-refractivity contribution in [2.75, 3.05) is 5.32 Å². The molecular weight excluding hydrogens is 240 g/mol. The number of nitrogens with one attached hydrogen (secondary N) is 1. The van der Waals surface area contributed by atoms with Crippen LogP contribution in [0.1, 0.15) is 18.4 Å². The average Bonchev–Trinajstić information content (AvgIpc) is 2.28. The van der Waals surface area contributed by atoms with Crippen LogP contribution in [0.15, 0.2) is 18.2 Å². The van der Waals surface area contributed by atoms with Gasteiger partial charge < -0.3 is 10.4 Å². The smallest absolute Gasteiger partial charge is 0.303 e. The Morgan fingerprint density at radius 2 is 2.06 bits per heavy atom. The van der Waals surface area contributed by atoms with Crippen LogP contribution in [0.25, 0.3) is 0 Å². The molecule has 0 aliphatic carbocycles. The molecule has 0 atom stereocenters. The summed E-state index contributed by atoms with van der Waals surface area (Å²) in [5, 5.41) is 21.5. The third-order valence-corrected chi connectivity index (χ3v) is 2.26. The van der Waals surface area contributed by atoms with Gasteiger partial charge in [-0.3, -0.25) is 19.7 Å². The number of aliphatic carboxylic acids is 1. The molecule has 1 rings (SSSR count). The highest BCUT2D eigenvalue weighted by atomic mass is 16.6. The first-order valence-electron chi connectivity index (χ1n) is 5.17. The number of carbonyl (C=O) groups is 2. The van der Waals surface area contributed by atoms with Crippen LogP contribution in [0.3, 0.4) is 0 Å². The third kappa shape index (κ3) is 3.85. The van der Waals surface area contributed by atoms with E-state index < -0.39 is 16.8 Å². The zero-order chi connectivity index (χ0) is 13.7. The number of carbonyl (C=O) groups excluding carboxylic acids is 1. The zero-order valence-electron chi connectivity index (χ0n) is 9.67. The van der Waals surface area contributed by atoms with Crippen LogP contribution in [0.5, 0.6) is 0 Å². The van der Waals surface area contributed by atoms with Crippen LogP contribution in [0, 0.1) is 17.0 Å². The fraction of sp³-hybridized carbons (Fsp3) is 0.273. The molecule has 1 amide bonds. The van der Waals surface area contributed by atoms with Gasteiger partial charge in [-0.25, -0.2) is 0 Å². The quantitative estimate of drug-likeness (QED) is 0.612. The molecule has 0 aliphatic rings. The maximum absolute atomic E-state index is 11.3. The van der Waals surface area contributed by atoms with E-state index in [4.69, 9.17) is 5.11 Å². The van der Waals surface area contributed by atoms with E-state index in [0.717, 1.165) is 0 Å². The predicted octanol–water partition coefficient (Wildman–Crippen LogP) is 1.71. The van der Waals surface area contributed by atoms with E-state index in [1.807, 2.05) is 0 Å². The Bertz CT molecular complexity index is 498. The molecule has 0 aliphatic heterocycles. The lowest BCUT2D eigenvalue weighted by atomic mass is 10.2. The minimum absolute atomic E-state index is 0.0916. The van der Waals surface area contributed by atoms with E-state index in [1.54, 1.807) is 6.92 Å². The van der Waals surface area contributed by atoms with E-state index in [1.165, 1.54) is 18.2 Å². The lowest BCUT2D eigenvalue weighted by Crippen LogP contribution is -2.13. The van der Waals surface area contributed by atoms with Gasteiger partial charge in [0.1, 0.15) is 0 Å². The standard InChI is InChI=1S/C11H12N2O5/c1-7-2-3-8(6-9(7)13(17)18)12-10(14)4-5-11(15)16/h2-3,6H,4-5H2,1H3,(H,12,14)(H,15,16). The van der Waals surface area contributed by atoms with Gasteiger partial charge in [0.05, 0.1) is 11.3 Å². The molecule has 0 aromatic heterocycles. The number of rotatable bonds is 5. The lowest BCUT2D eigenvalue weighted by Gasteiger charge is -2.05. The SMILES string of the molecule is Cc1ccc(NC(=O)CCC(=O)O)cc1[N+](=O)[O-]. The number of carboxylic acids is 1. The summed E-state index contributed by atoms with van der Waals surface area (Å²) in [7, 11) is 0. The molecular formula is C11H12N2O5. The monoisotopic (exact) mass is 252 g/mol. The van der Waals surface area contributed by atoms with Gasteiger partial charge in [0.2, 0.25) is 5.91 Å². The molecule has 1 aromatic carbocycles. The number of nitrogens with zero attached hydrogens (tertiary/aromatic N) is 1. The minimum atomic E-state index is -1.07. The molecule has 0 saturated carbocycles. The summed E-state index contributed by atoms with van der Waals surface area (Å²) in [5.41, 5.74) is 0.678. The van der Waals surface area contributed by atoms with E-state index in [0.29, 0.717) is 5.56 Å². The minimum Gasteiger partial charge on any atom is -0.481 e. The molecule has 2 N–H and O–H groups in total. The van der Waals surface area contributed by atoms with Crippen LogP contribution in [-0.2, 0) is 9.59 Å². The van der Waals surface area contributed by atoms with E-state index in [9.17, 15) is 19.7 Å². The zero-order valence-corrected chi connectivity index (χ0v) is 9.67. The van der Waals surface area contributed by atoms with E-state index >= 15 is 0 Å². The second kappa shape index (κ2) is 5.76. The fourth-order valence-corrected chi connectivity index (χ4v) is 1.33. The Labute approximate surface area is 103 Å². The summed E-state index contributed by atoms with van der Waals surface area (Å²) >= 11 is 0. The molecule has 0 spiro atoms. The van der Waals surface area contributed by atoms with Crippen molar-refractivity contribution in [1.82, 2.24) is 0 Å². The highest BCUT2D eigenvalue weighted by molar-refractivity contribution is 5.92. The summed E-state index contributed by atoms with van der Waals surface area (Å²) in [6.07, 6.45) is -0.448. The number of anilines is 1. The maximum atomic E-state index is 11.3. The van der Waals surface area contributed by atoms with Gasteiger partial charge in [0, 0.05) is 23.7 Å². The van der Waals surface area contributed by atoms with Crippen molar-refractivity contribution in [1.29, 1.82) is 0 Å². The number of carboxylic acid groups (broad SMARTS) is 1. The highest BCUT2D eigenvalue weighted by Crippen LogP contribution is 2.22. The van der Waals surface area contributed by atoms with Gasteiger partial charge in [-0.1, -0.05) is 6.07 Å².